The maximum Gasteiger partial charge on any atom is 0.251 e. The lowest BCUT2D eigenvalue weighted by Crippen LogP contribution is -2.47. The normalized spacial score (nSPS) is 11.6. The smallest absolute Gasteiger partial charge is 0.251 e. The highest BCUT2D eigenvalue weighted by molar-refractivity contribution is 6.02. The van der Waals surface area contributed by atoms with Gasteiger partial charge in [0.05, 0.1) is 0 Å². The fraction of sp³-hybridized carbons (Fsp3) is 0.318. The van der Waals surface area contributed by atoms with Crippen LogP contribution in [-0.4, -0.2) is 23.8 Å². The van der Waals surface area contributed by atoms with Crippen LogP contribution in [0.15, 0.2) is 42.5 Å². The number of hydrogen-bond donors (Lipinski definition) is 3. The maximum absolute atomic E-state index is 12.8. The van der Waals surface area contributed by atoms with Crippen LogP contribution in [0.2, 0.25) is 0 Å². The minimum absolute atomic E-state index is 0.103. The zero-order valence-corrected chi connectivity index (χ0v) is 16.9. The van der Waals surface area contributed by atoms with Gasteiger partial charge in [0.25, 0.3) is 5.91 Å². The van der Waals surface area contributed by atoms with Crippen LogP contribution in [0, 0.1) is 19.8 Å². The first-order valence-electron chi connectivity index (χ1n) is 9.24. The number of nitrogens with one attached hydrogen (secondary N) is 3. The Labute approximate surface area is 165 Å². The summed E-state index contributed by atoms with van der Waals surface area (Å²) in [5, 5.41) is 8.42. The molecule has 0 spiro atoms. The predicted molar refractivity (Wildman–Crippen MR) is 111 cm³/mol. The molecule has 6 nitrogen and oxygen atoms in total. The summed E-state index contributed by atoms with van der Waals surface area (Å²) in [5.41, 5.74) is 3.54. The minimum Gasteiger partial charge on any atom is -0.340 e. The lowest BCUT2D eigenvalue weighted by molar-refractivity contribution is -0.119. The highest BCUT2D eigenvalue weighted by Crippen LogP contribution is 2.24. The van der Waals surface area contributed by atoms with Gasteiger partial charge in [-0.15, -0.1) is 0 Å². The van der Waals surface area contributed by atoms with Gasteiger partial charge in [-0.05, 0) is 49.6 Å². The Morgan fingerprint density at radius 3 is 1.96 bits per heavy atom. The van der Waals surface area contributed by atoms with Gasteiger partial charge in [0.15, 0.2) is 0 Å². The van der Waals surface area contributed by atoms with E-state index in [4.69, 9.17) is 0 Å². The number of amides is 3. The zero-order chi connectivity index (χ0) is 20.8. The second-order valence-electron chi connectivity index (χ2n) is 7.21. The van der Waals surface area contributed by atoms with Gasteiger partial charge in [0.1, 0.15) is 6.04 Å². The van der Waals surface area contributed by atoms with Crippen molar-refractivity contribution in [2.24, 2.45) is 5.92 Å². The van der Waals surface area contributed by atoms with Gasteiger partial charge < -0.3 is 16.0 Å². The molecule has 2 aromatic carbocycles. The van der Waals surface area contributed by atoms with Crippen molar-refractivity contribution in [1.29, 1.82) is 0 Å². The number of hydrogen-bond acceptors (Lipinski definition) is 3. The second kappa shape index (κ2) is 9.17. The Bertz CT molecular complexity index is 873. The lowest BCUT2D eigenvalue weighted by Gasteiger charge is -2.23. The van der Waals surface area contributed by atoms with Crippen LogP contribution in [0.3, 0.4) is 0 Å². The summed E-state index contributed by atoms with van der Waals surface area (Å²) in [7, 11) is 0. The van der Waals surface area contributed by atoms with Crippen LogP contribution in [0.4, 0.5) is 11.4 Å². The first kappa shape index (κ1) is 21.2. The molecule has 6 heteroatoms. The molecular weight excluding hydrogens is 354 g/mol. The first-order valence-corrected chi connectivity index (χ1v) is 9.24. The van der Waals surface area contributed by atoms with Gasteiger partial charge >= 0.3 is 0 Å². The molecule has 0 heterocycles. The van der Waals surface area contributed by atoms with E-state index in [9.17, 15) is 14.4 Å². The zero-order valence-electron chi connectivity index (χ0n) is 16.9. The van der Waals surface area contributed by atoms with Gasteiger partial charge in [-0.2, -0.15) is 0 Å². The van der Waals surface area contributed by atoms with Crippen LogP contribution in [0.25, 0.3) is 0 Å². The van der Waals surface area contributed by atoms with Crippen molar-refractivity contribution in [3.8, 4) is 0 Å². The van der Waals surface area contributed by atoms with Crippen molar-refractivity contribution in [3.05, 3.63) is 59.2 Å². The van der Waals surface area contributed by atoms with Crippen LogP contribution in [-0.2, 0) is 9.59 Å². The van der Waals surface area contributed by atoms with E-state index in [1.165, 1.54) is 6.92 Å². The summed E-state index contributed by atoms with van der Waals surface area (Å²) in [6.07, 6.45) is 0. The molecule has 2 rings (SSSR count). The number of carbonyl (C=O) groups excluding carboxylic acids is 3. The summed E-state index contributed by atoms with van der Waals surface area (Å²) in [6, 6.07) is 11.8. The second-order valence-corrected chi connectivity index (χ2v) is 7.21. The third-order valence-electron chi connectivity index (χ3n) is 4.45. The van der Waals surface area contributed by atoms with Crippen LogP contribution >= 0.6 is 0 Å². The Hall–Kier alpha value is -3.15. The van der Waals surface area contributed by atoms with Crippen molar-refractivity contribution in [3.63, 3.8) is 0 Å². The number of anilines is 2. The molecule has 0 bridgehead atoms. The summed E-state index contributed by atoms with van der Waals surface area (Å²) in [6.45, 7) is 8.94. The Balaban J connectivity index is 2.16. The Kier molecular flexibility index (Phi) is 6.93. The molecule has 0 aromatic heterocycles. The molecule has 3 amide bonds. The van der Waals surface area contributed by atoms with Crippen molar-refractivity contribution in [2.75, 3.05) is 10.6 Å². The molecule has 0 saturated carbocycles. The Morgan fingerprint density at radius 1 is 0.857 bits per heavy atom. The number of rotatable bonds is 6. The van der Waals surface area contributed by atoms with Crippen LogP contribution < -0.4 is 16.0 Å². The summed E-state index contributed by atoms with van der Waals surface area (Å²) >= 11 is 0. The van der Waals surface area contributed by atoms with E-state index >= 15 is 0 Å². The van der Waals surface area contributed by atoms with E-state index in [1.54, 1.807) is 30.3 Å². The molecule has 0 aliphatic heterocycles. The van der Waals surface area contributed by atoms with Crippen LogP contribution in [0.5, 0.6) is 0 Å². The van der Waals surface area contributed by atoms with E-state index in [-0.39, 0.29) is 23.6 Å². The largest absolute Gasteiger partial charge is 0.340 e. The summed E-state index contributed by atoms with van der Waals surface area (Å²) < 4.78 is 0. The standard InChI is InChI=1S/C22H27N3O3/c1-13(2)20(25-21(27)17-11-9-14(3)10-12-17)22(28)24-19-8-6-7-18(15(19)4)23-16(5)26/h6-13,20H,1-5H3,(H,23,26)(H,24,28)(H,25,27). The molecule has 0 radical (unpaired) electrons. The summed E-state index contributed by atoms with van der Waals surface area (Å²) in [5.74, 6) is -0.888. The minimum atomic E-state index is -0.697. The topological polar surface area (TPSA) is 87.3 Å². The Morgan fingerprint density at radius 2 is 1.43 bits per heavy atom. The SMILES string of the molecule is CC(=O)Nc1cccc(NC(=O)C(NC(=O)c2ccc(C)cc2)C(C)C)c1C. The van der Waals surface area contributed by atoms with Gasteiger partial charge in [-0.3, -0.25) is 14.4 Å². The van der Waals surface area contributed by atoms with Crippen molar-refractivity contribution in [1.82, 2.24) is 5.32 Å². The fourth-order valence-corrected chi connectivity index (χ4v) is 2.77. The average Bonchev–Trinajstić information content (AvgIpc) is 2.62. The third-order valence-corrected chi connectivity index (χ3v) is 4.45. The molecule has 0 aliphatic carbocycles. The van der Waals surface area contributed by atoms with E-state index < -0.39 is 6.04 Å². The van der Waals surface area contributed by atoms with E-state index in [1.807, 2.05) is 39.8 Å². The lowest BCUT2D eigenvalue weighted by atomic mass is 10.0. The van der Waals surface area contributed by atoms with Crippen molar-refractivity contribution < 1.29 is 14.4 Å². The number of aryl methyl sites for hydroxylation is 1. The van der Waals surface area contributed by atoms with Gasteiger partial charge in [-0.1, -0.05) is 37.6 Å². The highest BCUT2D eigenvalue weighted by Gasteiger charge is 2.25. The monoisotopic (exact) mass is 381 g/mol. The van der Waals surface area contributed by atoms with E-state index in [0.29, 0.717) is 16.9 Å². The fourth-order valence-electron chi connectivity index (χ4n) is 2.77. The molecule has 0 fully saturated rings. The van der Waals surface area contributed by atoms with Gasteiger partial charge in [0.2, 0.25) is 11.8 Å². The number of carbonyl (C=O) groups is 3. The summed E-state index contributed by atoms with van der Waals surface area (Å²) in [4.78, 5) is 36.7. The van der Waals surface area contributed by atoms with Gasteiger partial charge in [-0.25, -0.2) is 0 Å². The van der Waals surface area contributed by atoms with E-state index in [0.717, 1.165) is 11.1 Å². The highest BCUT2D eigenvalue weighted by atomic mass is 16.2. The molecule has 28 heavy (non-hydrogen) atoms. The third kappa shape index (κ3) is 5.42. The number of benzene rings is 2. The molecule has 0 saturated heterocycles. The molecule has 148 valence electrons. The van der Waals surface area contributed by atoms with Crippen molar-refractivity contribution in [2.45, 2.75) is 40.7 Å². The molecule has 1 unspecified atom stereocenters. The molecule has 3 N–H and O–H groups in total. The van der Waals surface area contributed by atoms with Crippen molar-refractivity contribution >= 4 is 29.1 Å². The maximum atomic E-state index is 12.8. The average molecular weight is 381 g/mol. The van der Waals surface area contributed by atoms with Crippen LogP contribution in [0.1, 0.15) is 42.3 Å². The van der Waals surface area contributed by atoms with Gasteiger partial charge in [0, 0.05) is 23.9 Å². The molecule has 0 aliphatic rings. The molecular formula is C22H27N3O3. The first-order chi connectivity index (χ1) is 13.2. The predicted octanol–water partition coefficient (Wildman–Crippen LogP) is 3.65. The quantitative estimate of drug-likeness (QED) is 0.714. The molecule has 1 atom stereocenters. The molecule has 2 aromatic rings. The van der Waals surface area contributed by atoms with E-state index in [2.05, 4.69) is 16.0 Å².